The largest absolute Gasteiger partial charge is 0.497 e. The lowest BCUT2D eigenvalue weighted by atomic mass is 9.82. The Hall–Kier alpha value is -4.52. The fraction of sp³-hybridized carbons (Fsp3) is 0.436. The van der Waals surface area contributed by atoms with Gasteiger partial charge >= 0.3 is 5.97 Å². The van der Waals surface area contributed by atoms with E-state index >= 15 is 0 Å². The summed E-state index contributed by atoms with van der Waals surface area (Å²) < 4.78 is 18.0. The Bertz CT molecular complexity index is 1900. The number of hydrogen-bond donors (Lipinski definition) is 1. The summed E-state index contributed by atoms with van der Waals surface area (Å²) in [7, 11) is 0.812. The van der Waals surface area contributed by atoms with Gasteiger partial charge in [0.15, 0.2) is 11.8 Å². The number of carbonyl (C=O) groups is 4. The molecule has 0 radical (unpaired) electrons. The van der Waals surface area contributed by atoms with Crippen molar-refractivity contribution in [3.8, 4) is 5.75 Å². The maximum atomic E-state index is 14.6. The van der Waals surface area contributed by atoms with Crippen molar-refractivity contribution >= 4 is 48.3 Å². The highest BCUT2D eigenvalue weighted by molar-refractivity contribution is 6.91. The van der Waals surface area contributed by atoms with E-state index in [1.165, 1.54) is 11.8 Å². The summed E-state index contributed by atoms with van der Waals surface area (Å²) in [5.41, 5.74) is 2.36. The molecule has 0 saturated carbocycles. The number of benzene rings is 3. The molecule has 51 heavy (non-hydrogen) atoms. The first-order valence-corrected chi connectivity index (χ1v) is 20.6. The number of methoxy groups -OCH3 is 1. The van der Waals surface area contributed by atoms with Crippen LogP contribution >= 0.6 is 0 Å². The summed E-state index contributed by atoms with van der Waals surface area (Å²) in [6.45, 7) is 8.09. The lowest BCUT2D eigenvalue weighted by Crippen LogP contribution is -2.55. The molecule has 268 valence electrons. The second-order valence-corrected chi connectivity index (χ2v) is 19.5. The van der Waals surface area contributed by atoms with Gasteiger partial charge in [0.2, 0.25) is 11.8 Å². The van der Waals surface area contributed by atoms with Crippen LogP contribution in [0.15, 0.2) is 66.7 Å². The lowest BCUT2D eigenvalue weighted by molar-refractivity contribution is -0.154. The zero-order valence-electron chi connectivity index (χ0n) is 29.9. The van der Waals surface area contributed by atoms with Crippen LogP contribution in [0.3, 0.4) is 0 Å². The summed E-state index contributed by atoms with van der Waals surface area (Å²) in [6, 6.07) is 21.0. The van der Waals surface area contributed by atoms with E-state index in [9.17, 15) is 24.3 Å². The average Bonchev–Trinajstić information content (AvgIpc) is 3.52. The van der Waals surface area contributed by atoms with Gasteiger partial charge in [0.05, 0.1) is 52.5 Å². The van der Waals surface area contributed by atoms with E-state index in [0.717, 1.165) is 22.1 Å². The Morgan fingerprint density at radius 1 is 1.02 bits per heavy atom. The Kier molecular flexibility index (Phi) is 8.84. The standard InChI is InChI=1S/C39H45N3O8Si/c1-23-37(51(5,6)30-14-12-29(48-4)13-15-30)33(19-34(45)41-21-26-10-8-7-9-25(26)17-28(41)22-43)50-39(23)31-18-27(11-16-32(31)40(3)38(39)47)42-35(46)20-36(42)49-24(2)44/h7-16,18,23,28,33,36-37,43H,17,19-22H2,1-6H3/t23-,28-,33+,36?,37-,39+/m0/s1. The van der Waals surface area contributed by atoms with Crippen LogP contribution in [0.4, 0.5) is 11.4 Å². The molecule has 0 aromatic heterocycles. The summed E-state index contributed by atoms with van der Waals surface area (Å²) in [6.07, 6.45) is -0.679. The van der Waals surface area contributed by atoms with Crippen molar-refractivity contribution in [3.05, 3.63) is 83.4 Å². The number of amides is 3. The summed E-state index contributed by atoms with van der Waals surface area (Å²) in [4.78, 5) is 58.5. The zero-order valence-corrected chi connectivity index (χ0v) is 30.9. The normalized spacial score (nSPS) is 27.0. The molecule has 0 bridgehead atoms. The number of hydrogen-bond acceptors (Lipinski definition) is 8. The van der Waals surface area contributed by atoms with Gasteiger partial charge in [-0.05, 0) is 53.4 Å². The molecule has 2 fully saturated rings. The minimum atomic E-state index is -2.54. The summed E-state index contributed by atoms with van der Waals surface area (Å²) in [5.74, 6) is -0.662. The molecule has 4 aliphatic rings. The first-order chi connectivity index (χ1) is 24.3. The van der Waals surface area contributed by atoms with E-state index < -0.39 is 32.0 Å². The van der Waals surface area contributed by atoms with Crippen LogP contribution in [0.25, 0.3) is 0 Å². The molecule has 3 aromatic carbocycles. The maximum Gasteiger partial charge on any atom is 0.304 e. The molecule has 0 aliphatic carbocycles. The predicted molar refractivity (Wildman–Crippen MR) is 193 cm³/mol. The second kappa shape index (κ2) is 12.9. The van der Waals surface area contributed by atoms with E-state index in [1.54, 1.807) is 36.1 Å². The predicted octanol–water partition coefficient (Wildman–Crippen LogP) is 3.85. The van der Waals surface area contributed by atoms with Crippen LogP contribution in [-0.2, 0) is 47.2 Å². The monoisotopic (exact) mass is 711 g/mol. The first kappa shape index (κ1) is 34.9. The number of carbonyl (C=O) groups excluding carboxylic acids is 4. The van der Waals surface area contributed by atoms with Gasteiger partial charge in [-0.3, -0.25) is 24.1 Å². The highest BCUT2D eigenvalue weighted by Crippen LogP contribution is 2.60. The van der Waals surface area contributed by atoms with Gasteiger partial charge in [0.25, 0.3) is 5.91 Å². The Labute approximate surface area is 299 Å². The molecule has 6 atom stereocenters. The Morgan fingerprint density at radius 3 is 2.37 bits per heavy atom. The number of rotatable bonds is 8. The highest BCUT2D eigenvalue weighted by Gasteiger charge is 2.66. The molecule has 4 heterocycles. The third-order valence-corrected chi connectivity index (χ3v) is 16.1. The molecule has 2 saturated heterocycles. The first-order valence-electron chi connectivity index (χ1n) is 17.5. The molecule has 4 aliphatic heterocycles. The third-order valence-electron chi connectivity index (χ3n) is 11.7. The molecule has 3 amide bonds. The third kappa shape index (κ3) is 5.55. The molecule has 3 aromatic rings. The zero-order chi connectivity index (χ0) is 36.4. The number of aliphatic hydroxyl groups excluding tert-OH is 1. The van der Waals surface area contributed by atoms with E-state index in [2.05, 4.69) is 25.2 Å². The van der Waals surface area contributed by atoms with E-state index in [-0.39, 0.29) is 54.7 Å². The number of fused-ring (bicyclic) bond motifs is 3. The summed E-state index contributed by atoms with van der Waals surface area (Å²) in [5, 5.41) is 11.5. The number of nitrogens with zero attached hydrogens (tertiary/aromatic N) is 3. The molecule has 12 heteroatoms. The maximum absolute atomic E-state index is 14.6. The van der Waals surface area contributed by atoms with E-state index in [4.69, 9.17) is 14.2 Å². The SMILES string of the molecule is COc1ccc([Si](C)(C)[C@@H]2[C@@H](CC(=O)N3Cc4ccccc4C[C@H]3CO)O[C@]3(C(=O)N(C)c4ccc(N5C(=O)CC5OC(C)=O)cc43)[C@H]2C)cc1. The molecule has 1 spiro atoms. The number of esters is 1. The van der Waals surface area contributed by atoms with Gasteiger partial charge in [-0.25, -0.2) is 0 Å². The van der Waals surface area contributed by atoms with Gasteiger partial charge in [0, 0.05) is 37.7 Å². The van der Waals surface area contributed by atoms with Crippen LogP contribution in [0.1, 0.15) is 43.4 Å². The lowest BCUT2D eigenvalue weighted by Gasteiger charge is -2.39. The smallest absolute Gasteiger partial charge is 0.304 e. The number of likely N-dealkylation sites (N-methyl/N-ethyl adjacent to an activating group) is 1. The van der Waals surface area contributed by atoms with Gasteiger partial charge in [-0.2, -0.15) is 0 Å². The van der Waals surface area contributed by atoms with Crippen molar-refractivity contribution in [1.29, 1.82) is 0 Å². The van der Waals surface area contributed by atoms with Crippen LogP contribution in [-0.4, -0.2) is 80.9 Å². The van der Waals surface area contributed by atoms with Crippen LogP contribution in [0.5, 0.6) is 5.75 Å². The molecular weight excluding hydrogens is 667 g/mol. The second-order valence-electron chi connectivity index (χ2n) is 14.8. The minimum Gasteiger partial charge on any atom is -0.497 e. The number of ether oxygens (including phenoxy) is 3. The van der Waals surface area contributed by atoms with Crippen molar-refractivity contribution in [3.63, 3.8) is 0 Å². The van der Waals surface area contributed by atoms with Gasteiger partial charge in [0.1, 0.15) is 5.75 Å². The number of β-lactam (4-membered cyclic amide) rings is 1. The quantitative estimate of drug-likeness (QED) is 0.212. The minimum absolute atomic E-state index is 0.0349. The highest BCUT2D eigenvalue weighted by atomic mass is 28.3. The van der Waals surface area contributed by atoms with Crippen LogP contribution in [0, 0.1) is 5.92 Å². The fourth-order valence-electron chi connectivity index (χ4n) is 9.07. The topological polar surface area (TPSA) is 126 Å². The number of aliphatic hydroxyl groups is 1. The van der Waals surface area contributed by atoms with Crippen molar-refractivity contribution in [2.24, 2.45) is 5.92 Å². The van der Waals surface area contributed by atoms with Crippen molar-refractivity contribution in [1.82, 2.24) is 4.90 Å². The molecule has 1 unspecified atom stereocenters. The Balaban J connectivity index is 1.30. The van der Waals surface area contributed by atoms with Crippen molar-refractivity contribution in [2.75, 3.05) is 30.6 Å². The number of anilines is 2. The van der Waals surface area contributed by atoms with Gasteiger partial charge in [-0.1, -0.05) is 61.6 Å². The van der Waals surface area contributed by atoms with E-state index in [0.29, 0.717) is 29.9 Å². The summed E-state index contributed by atoms with van der Waals surface area (Å²) >= 11 is 0. The average molecular weight is 712 g/mol. The van der Waals surface area contributed by atoms with Gasteiger partial charge in [-0.15, -0.1) is 0 Å². The molecule has 7 rings (SSSR count). The van der Waals surface area contributed by atoms with Crippen LogP contribution < -0.4 is 19.7 Å². The Morgan fingerprint density at radius 2 is 1.73 bits per heavy atom. The van der Waals surface area contributed by atoms with Crippen molar-refractivity contribution < 1.29 is 38.5 Å². The molecule has 1 N–H and O–H groups in total. The molecule has 11 nitrogen and oxygen atoms in total. The van der Waals surface area contributed by atoms with Gasteiger partial charge < -0.3 is 29.1 Å². The van der Waals surface area contributed by atoms with Crippen LogP contribution in [0.2, 0.25) is 18.6 Å². The van der Waals surface area contributed by atoms with E-state index in [1.807, 2.05) is 49.4 Å². The molecular formula is C39H45N3O8Si. The fourth-order valence-corrected chi connectivity index (χ4v) is 13.1. The van der Waals surface area contributed by atoms with Crippen molar-refractivity contribution in [2.45, 2.75) is 82.3 Å².